The molecule has 0 aliphatic carbocycles. The van der Waals surface area contributed by atoms with Crippen molar-refractivity contribution in [2.45, 2.75) is 6.36 Å². The minimum atomic E-state index is -4.70. The lowest BCUT2D eigenvalue weighted by Gasteiger charge is -2.08. The second-order valence-corrected chi connectivity index (χ2v) is 4.77. The highest BCUT2D eigenvalue weighted by molar-refractivity contribution is 5.82. The minimum absolute atomic E-state index is 0.285. The van der Waals surface area contributed by atoms with Crippen LogP contribution in [0.15, 0.2) is 71.4 Å². The van der Waals surface area contributed by atoms with Crippen LogP contribution in [0, 0.1) is 0 Å². The Morgan fingerprint density at radius 1 is 0.840 bits per heavy atom. The average molecular weight is 348 g/mol. The van der Waals surface area contributed by atoms with Crippen LogP contribution in [0.1, 0.15) is 11.1 Å². The lowest BCUT2D eigenvalue weighted by atomic mass is 10.2. The van der Waals surface area contributed by atoms with Crippen molar-refractivity contribution in [2.75, 3.05) is 6.61 Å². The van der Waals surface area contributed by atoms with Gasteiger partial charge in [-0.3, -0.25) is 0 Å². The average Bonchev–Trinajstić information content (AvgIpc) is 2.58. The molecule has 0 atom stereocenters. The monoisotopic (exact) mass is 348 g/mol. The third-order valence-corrected chi connectivity index (χ3v) is 2.84. The van der Waals surface area contributed by atoms with Crippen molar-refractivity contribution in [3.05, 3.63) is 72.3 Å². The van der Waals surface area contributed by atoms with Crippen LogP contribution in [0.2, 0.25) is 0 Å². The molecule has 0 aromatic heterocycles. The number of ether oxygens (including phenoxy) is 2. The van der Waals surface area contributed by atoms with Gasteiger partial charge >= 0.3 is 6.36 Å². The van der Waals surface area contributed by atoms with Crippen molar-refractivity contribution >= 4 is 12.4 Å². The summed E-state index contributed by atoms with van der Waals surface area (Å²) in [6.45, 7) is 4.00. The van der Waals surface area contributed by atoms with Crippen molar-refractivity contribution < 1.29 is 22.6 Å². The van der Waals surface area contributed by atoms with E-state index in [1.807, 2.05) is 12.1 Å². The molecule has 0 N–H and O–H groups in total. The van der Waals surface area contributed by atoms with Crippen molar-refractivity contribution in [1.82, 2.24) is 0 Å². The number of hydrogen-bond acceptors (Lipinski definition) is 4. The highest BCUT2D eigenvalue weighted by Crippen LogP contribution is 2.22. The summed E-state index contributed by atoms with van der Waals surface area (Å²) in [7, 11) is 0. The SMILES string of the molecule is C=CCOc1ccc(/C=N/N=C\c2ccc(OC(F)(F)F)cc2)cc1. The zero-order chi connectivity index (χ0) is 18.1. The molecule has 0 aliphatic heterocycles. The van der Waals surface area contributed by atoms with E-state index in [1.165, 1.54) is 30.5 Å². The third kappa shape index (κ3) is 6.90. The number of nitrogens with zero attached hydrogens (tertiary/aromatic N) is 2. The Hall–Kier alpha value is -3.09. The Morgan fingerprint density at radius 2 is 1.32 bits per heavy atom. The molecule has 4 nitrogen and oxygen atoms in total. The number of rotatable bonds is 7. The van der Waals surface area contributed by atoms with Gasteiger partial charge in [-0.1, -0.05) is 12.7 Å². The highest BCUT2D eigenvalue weighted by atomic mass is 19.4. The number of halogens is 3. The van der Waals surface area contributed by atoms with Gasteiger partial charge in [0.1, 0.15) is 18.1 Å². The first-order valence-electron chi connectivity index (χ1n) is 7.22. The first-order chi connectivity index (χ1) is 12.0. The van der Waals surface area contributed by atoms with Crippen molar-refractivity contribution in [2.24, 2.45) is 10.2 Å². The number of benzene rings is 2. The molecule has 0 spiro atoms. The van der Waals surface area contributed by atoms with Gasteiger partial charge < -0.3 is 9.47 Å². The third-order valence-electron chi connectivity index (χ3n) is 2.84. The van der Waals surface area contributed by atoms with E-state index >= 15 is 0 Å². The smallest absolute Gasteiger partial charge is 0.490 e. The molecule has 0 saturated carbocycles. The van der Waals surface area contributed by atoms with Gasteiger partial charge in [-0.25, -0.2) is 0 Å². The van der Waals surface area contributed by atoms with Crippen molar-refractivity contribution in [3.8, 4) is 11.5 Å². The van der Waals surface area contributed by atoms with Gasteiger partial charge in [-0.05, 0) is 59.7 Å². The highest BCUT2D eigenvalue weighted by Gasteiger charge is 2.30. The number of alkyl halides is 3. The van der Waals surface area contributed by atoms with Gasteiger partial charge in [0.25, 0.3) is 0 Å². The molecule has 0 saturated heterocycles. The summed E-state index contributed by atoms with van der Waals surface area (Å²) < 4.78 is 45.3. The van der Waals surface area contributed by atoms with E-state index in [0.29, 0.717) is 12.2 Å². The summed E-state index contributed by atoms with van der Waals surface area (Å²) in [6.07, 6.45) is -0.0671. The summed E-state index contributed by atoms with van der Waals surface area (Å²) in [5.74, 6) is 0.439. The molecule has 7 heteroatoms. The maximum atomic E-state index is 12.1. The Labute approximate surface area is 142 Å². The van der Waals surface area contributed by atoms with E-state index in [4.69, 9.17) is 4.74 Å². The fourth-order valence-corrected chi connectivity index (χ4v) is 1.76. The zero-order valence-electron chi connectivity index (χ0n) is 13.1. The molecule has 0 amide bonds. The molecule has 2 aromatic carbocycles. The molecule has 0 aliphatic rings. The molecule has 2 rings (SSSR count). The van der Waals surface area contributed by atoms with Crippen LogP contribution in [0.25, 0.3) is 0 Å². The largest absolute Gasteiger partial charge is 0.573 e. The Balaban J connectivity index is 1.89. The molecule has 0 radical (unpaired) electrons. The van der Waals surface area contributed by atoms with Gasteiger partial charge in [0.2, 0.25) is 0 Å². The van der Waals surface area contributed by atoms with E-state index in [-0.39, 0.29) is 5.75 Å². The minimum Gasteiger partial charge on any atom is -0.490 e. The molecular weight excluding hydrogens is 333 g/mol. The number of hydrogen-bond donors (Lipinski definition) is 0. The van der Waals surface area contributed by atoms with Gasteiger partial charge in [0.15, 0.2) is 0 Å². The molecule has 0 fully saturated rings. The quantitative estimate of drug-likeness (QED) is 0.417. The summed E-state index contributed by atoms with van der Waals surface area (Å²) in [5, 5.41) is 7.74. The van der Waals surface area contributed by atoms with E-state index in [9.17, 15) is 13.2 Å². The fraction of sp³-hybridized carbons (Fsp3) is 0.111. The molecule has 2 aromatic rings. The molecule has 0 unspecified atom stereocenters. The van der Waals surface area contributed by atoms with E-state index in [1.54, 1.807) is 24.4 Å². The van der Waals surface area contributed by atoms with Crippen LogP contribution in [-0.2, 0) is 0 Å². The Bertz CT molecular complexity index is 736. The van der Waals surface area contributed by atoms with Gasteiger partial charge in [-0.2, -0.15) is 10.2 Å². The first-order valence-corrected chi connectivity index (χ1v) is 7.22. The van der Waals surface area contributed by atoms with Crippen LogP contribution < -0.4 is 9.47 Å². The van der Waals surface area contributed by atoms with E-state index in [2.05, 4.69) is 21.5 Å². The van der Waals surface area contributed by atoms with Crippen LogP contribution in [-0.4, -0.2) is 25.4 Å². The van der Waals surface area contributed by atoms with Gasteiger partial charge in [-0.15, -0.1) is 13.2 Å². The summed E-state index contributed by atoms with van der Waals surface area (Å²) >= 11 is 0. The predicted molar refractivity (Wildman–Crippen MR) is 90.4 cm³/mol. The lowest BCUT2D eigenvalue weighted by molar-refractivity contribution is -0.274. The molecule has 0 bridgehead atoms. The van der Waals surface area contributed by atoms with Gasteiger partial charge in [0.05, 0.1) is 12.4 Å². The molecular formula is C18H15F3N2O2. The van der Waals surface area contributed by atoms with E-state index < -0.39 is 6.36 Å². The second kappa shape index (κ2) is 8.68. The summed E-state index contributed by atoms with van der Waals surface area (Å²) in [6, 6.07) is 12.6. The predicted octanol–water partition coefficient (Wildman–Crippen LogP) is 4.60. The molecule has 130 valence electrons. The topological polar surface area (TPSA) is 43.2 Å². The molecule has 25 heavy (non-hydrogen) atoms. The maximum absolute atomic E-state index is 12.1. The Morgan fingerprint density at radius 3 is 1.76 bits per heavy atom. The second-order valence-electron chi connectivity index (χ2n) is 4.77. The summed E-state index contributed by atoms with van der Waals surface area (Å²) in [4.78, 5) is 0. The zero-order valence-corrected chi connectivity index (χ0v) is 13.1. The maximum Gasteiger partial charge on any atom is 0.573 e. The Kier molecular flexibility index (Phi) is 6.33. The van der Waals surface area contributed by atoms with Crippen LogP contribution in [0.3, 0.4) is 0 Å². The van der Waals surface area contributed by atoms with Crippen molar-refractivity contribution in [1.29, 1.82) is 0 Å². The van der Waals surface area contributed by atoms with Crippen LogP contribution in [0.4, 0.5) is 13.2 Å². The first kappa shape index (κ1) is 18.3. The fourth-order valence-electron chi connectivity index (χ4n) is 1.76. The summed E-state index contributed by atoms with van der Waals surface area (Å²) in [5.41, 5.74) is 1.43. The van der Waals surface area contributed by atoms with Crippen molar-refractivity contribution in [3.63, 3.8) is 0 Å². The lowest BCUT2D eigenvalue weighted by Crippen LogP contribution is -2.16. The standard InChI is InChI=1S/C18H15F3N2O2/c1-2-11-24-16-7-3-14(4-8-16)12-22-23-13-15-5-9-17(10-6-15)25-18(19,20)21/h2-10,12-13H,1,11H2/b22-12+,23-13-. The van der Waals surface area contributed by atoms with Crippen LogP contribution >= 0.6 is 0 Å². The van der Waals surface area contributed by atoms with E-state index in [0.717, 1.165) is 11.3 Å². The molecule has 0 heterocycles. The normalized spacial score (nSPS) is 11.8. The van der Waals surface area contributed by atoms with Crippen LogP contribution in [0.5, 0.6) is 11.5 Å². The van der Waals surface area contributed by atoms with Gasteiger partial charge in [0, 0.05) is 0 Å².